The molecule has 0 aliphatic heterocycles. The molecule has 1 amide bonds. The van der Waals surface area contributed by atoms with Crippen LogP contribution in [0.5, 0.6) is 0 Å². The molecule has 0 saturated carbocycles. The van der Waals surface area contributed by atoms with Gasteiger partial charge in [0.05, 0.1) is 5.69 Å². The second-order valence-corrected chi connectivity index (χ2v) is 9.15. The van der Waals surface area contributed by atoms with Crippen molar-refractivity contribution in [2.45, 2.75) is 25.0 Å². The van der Waals surface area contributed by atoms with Crippen LogP contribution in [0.15, 0.2) is 77.6 Å². The summed E-state index contributed by atoms with van der Waals surface area (Å²) >= 11 is 12.5. The van der Waals surface area contributed by atoms with Crippen LogP contribution in [0, 0.1) is 0 Å². The van der Waals surface area contributed by atoms with Crippen LogP contribution in [0.4, 0.5) is 0 Å². The molecule has 0 aliphatic carbocycles. The van der Waals surface area contributed by atoms with E-state index in [4.69, 9.17) is 23.2 Å². The van der Waals surface area contributed by atoms with E-state index in [1.165, 1.54) is 6.07 Å². The van der Waals surface area contributed by atoms with Crippen molar-refractivity contribution >= 4 is 35.1 Å². The van der Waals surface area contributed by atoms with E-state index in [9.17, 15) is 24.6 Å². The molecule has 0 aliphatic rings. The van der Waals surface area contributed by atoms with Crippen LogP contribution < -0.4 is 11.0 Å². The molecule has 1 aromatic heterocycles. The Kier molecular flexibility index (Phi) is 8.08. The quantitative estimate of drug-likeness (QED) is 0.255. The lowest BCUT2D eigenvalue weighted by atomic mass is 9.97. The third kappa shape index (κ3) is 6.45. The van der Waals surface area contributed by atoms with E-state index >= 15 is 0 Å². The second kappa shape index (κ2) is 11.4. The number of carboxylic acid groups (broad SMARTS) is 1. The van der Waals surface area contributed by atoms with Crippen molar-refractivity contribution in [3.8, 4) is 16.8 Å². The van der Waals surface area contributed by atoms with E-state index in [2.05, 4.69) is 15.4 Å². The first kappa shape index (κ1) is 26.2. The molecule has 190 valence electrons. The van der Waals surface area contributed by atoms with Gasteiger partial charge in [-0.1, -0.05) is 71.7 Å². The van der Waals surface area contributed by atoms with Gasteiger partial charge in [0.25, 0.3) is 5.91 Å². The molecule has 4 aromatic rings. The normalized spacial score (nSPS) is 12.6. The summed E-state index contributed by atoms with van der Waals surface area (Å²) in [6.07, 6.45) is -1.89. The minimum Gasteiger partial charge on any atom is -0.479 e. The van der Waals surface area contributed by atoms with Gasteiger partial charge >= 0.3 is 11.7 Å². The maximum Gasteiger partial charge on any atom is 0.348 e. The first-order chi connectivity index (χ1) is 17.7. The summed E-state index contributed by atoms with van der Waals surface area (Å²) in [5, 5.41) is 26.6. The molecule has 11 heteroatoms. The zero-order valence-electron chi connectivity index (χ0n) is 19.3. The SMILES string of the molecule is O=C(N[C@H](Cc1ccc(-c2ccccc2)cc1Cl)C[C@@H](O)C(=O)O)c1nn(-c2cccc(Cl)c2)c(=O)[nH]1. The Morgan fingerprint density at radius 3 is 2.43 bits per heavy atom. The van der Waals surface area contributed by atoms with Gasteiger partial charge in [-0.3, -0.25) is 9.78 Å². The number of benzene rings is 3. The molecule has 0 saturated heterocycles. The van der Waals surface area contributed by atoms with E-state index in [0.29, 0.717) is 21.3 Å². The minimum absolute atomic E-state index is 0.128. The highest BCUT2D eigenvalue weighted by molar-refractivity contribution is 6.31. The molecule has 0 radical (unpaired) electrons. The highest BCUT2D eigenvalue weighted by Gasteiger charge is 2.25. The number of nitrogens with one attached hydrogen (secondary N) is 2. The van der Waals surface area contributed by atoms with Crippen LogP contribution in [0.3, 0.4) is 0 Å². The lowest BCUT2D eigenvalue weighted by Crippen LogP contribution is -2.41. The van der Waals surface area contributed by atoms with Gasteiger partial charge in [-0.15, -0.1) is 5.10 Å². The molecule has 0 unspecified atom stereocenters. The summed E-state index contributed by atoms with van der Waals surface area (Å²) in [6, 6.07) is 20.6. The fraction of sp³-hybridized carbons (Fsp3) is 0.154. The van der Waals surface area contributed by atoms with Crippen molar-refractivity contribution in [3.63, 3.8) is 0 Å². The summed E-state index contributed by atoms with van der Waals surface area (Å²) in [7, 11) is 0. The Balaban J connectivity index is 1.56. The van der Waals surface area contributed by atoms with Crippen molar-refractivity contribution < 1.29 is 19.8 Å². The highest BCUT2D eigenvalue weighted by Crippen LogP contribution is 2.27. The van der Waals surface area contributed by atoms with Gasteiger partial charge in [0.15, 0.2) is 6.10 Å². The number of aromatic nitrogens is 3. The fourth-order valence-corrected chi connectivity index (χ4v) is 4.26. The van der Waals surface area contributed by atoms with Gasteiger partial charge in [0, 0.05) is 22.5 Å². The van der Waals surface area contributed by atoms with Gasteiger partial charge < -0.3 is 15.5 Å². The zero-order chi connectivity index (χ0) is 26.5. The molecule has 4 rings (SSSR count). The van der Waals surface area contributed by atoms with Crippen molar-refractivity contribution in [3.05, 3.63) is 105 Å². The molecular formula is C26H22Cl2N4O5. The van der Waals surface area contributed by atoms with Gasteiger partial charge in [-0.25, -0.2) is 9.59 Å². The van der Waals surface area contributed by atoms with E-state index < -0.39 is 29.7 Å². The number of amides is 1. The number of aliphatic hydroxyl groups is 1. The Hall–Kier alpha value is -3.92. The number of halogens is 2. The number of nitrogens with zero attached hydrogens (tertiary/aromatic N) is 2. The molecule has 37 heavy (non-hydrogen) atoms. The number of aliphatic hydroxyl groups excluding tert-OH is 1. The molecule has 1 heterocycles. The molecule has 9 nitrogen and oxygen atoms in total. The van der Waals surface area contributed by atoms with E-state index in [0.717, 1.165) is 15.8 Å². The predicted octanol–water partition coefficient (Wildman–Crippen LogP) is 3.71. The predicted molar refractivity (Wildman–Crippen MR) is 139 cm³/mol. The average Bonchev–Trinajstić information content (AvgIpc) is 3.27. The zero-order valence-corrected chi connectivity index (χ0v) is 20.8. The Morgan fingerprint density at radius 2 is 1.76 bits per heavy atom. The monoisotopic (exact) mass is 540 g/mol. The largest absolute Gasteiger partial charge is 0.479 e. The number of carbonyl (C=O) groups excluding carboxylic acids is 1. The van der Waals surface area contributed by atoms with Crippen LogP contribution in [-0.4, -0.2) is 49.0 Å². The van der Waals surface area contributed by atoms with E-state index in [-0.39, 0.29) is 18.7 Å². The molecule has 0 bridgehead atoms. The smallest absolute Gasteiger partial charge is 0.348 e. The van der Waals surface area contributed by atoms with Gasteiger partial charge in [0.2, 0.25) is 5.82 Å². The number of carbonyl (C=O) groups is 2. The standard InChI is InChI=1S/C26H22Cl2N4O5/c27-18-7-4-8-20(13-18)32-26(37)30-23(31-32)24(34)29-19(14-22(33)25(35)36)11-17-10-9-16(12-21(17)28)15-5-2-1-3-6-15/h1-10,12-13,19,22,33H,11,14H2,(H,29,34)(H,35,36)(H,30,31,37)/t19-,22-/m1/s1. The lowest BCUT2D eigenvalue weighted by molar-refractivity contribution is -0.147. The van der Waals surface area contributed by atoms with E-state index in [1.54, 1.807) is 30.3 Å². The highest BCUT2D eigenvalue weighted by atomic mass is 35.5. The maximum atomic E-state index is 12.9. The van der Waals surface area contributed by atoms with Crippen molar-refractivity contribution in [2.75, 3.05) is 0 Å². The van der Waals surface area contributed by atoms with Gasteiger partial charge in [0.1, 0.15) is 0 Å². The molecule has 0 spiro atoms. The number of hydrogen-bond donors (Lipinski definition) is 4. The Morgan fingerprint density at radius 1 is 1.00 bits per heavy atom. The first-order valence-corrected chi connectivity index (χ1v) is 12.0. The number of aromatic amines is 1. The van der Waals surface area contributed by atoms with Crippen molar-refractivity contribution in [2.24, 2.45) is 0 Å². The summed E-state index contributed by atoms with van der Waals surface area (Å²) in [5.74, 6) is -2.47. The van der Waals surface area contributed by atoms with E-state index in [1.807, 2.05) is 36.4 Å². The number of carboxylic acids is 1. The summed E-state index contributed by atoms with van der Waals surface area (Å²) in [4.78, 5) is 39.0. The van der Waals surface area contributed by atoms with Crippen LogP contribution >= 0.6 is 23.2 Å². The second-order valence-electron chi connectivity index (χ2n) is 8.31. The summed E-state index contributed by atoms with van der Waals surface area (Å²) < 4.78 is 0.987. The Labute approximate surface area is 221 Å². The topological polar surface area (TPSA) is 137 Å². The van der Waals surface area contributed by atoms with Crippen LogP contribution in [-0.2, 0) is 11.2 Å². The third-order valence-electron chi connectivity index (χ3n) is 5.64. The molecule has 0 fully saturated rings. The van der Waals surface area contributed by atoms with Crippen LogP contribution in [0.2, 0.25) is 10.0 Å². The average molecular weight is 541 g/mol. The number of rotatable bonds is 9. The minimum atomic E-state index is -1.73. The van der Waals surface area contributed by atoms with Crippen LogP contribution in [0.1, 0.15) is 22.6 Å². The van der Waals surface area contributed by atoms with Gasteiger partial charge in [-0.05, 0) is 47.4 Å². The molecule has 4 N–H and O–H groups in total. The molecule has 2 atom stereocenters. The number of aliphatic carboxylic acids is 1. The first-order valence-electron chi connectivity index (χ1n) is 11.2. The lowest BCUT2D eigenvalue weighted by Gasteiger charge is -2.20. The number of H-pyrrole nitrogens is 1. The van der Waals surface area contributed by atoms with Crippen molar-refractivity contribution in [1.29, 1.82) is 0 Å². The fourth-order valence-electron chi connectivity index (χ4n) is 3.82. The van der Waals surface area contributed by atoms with Crippen LogP contribution in [0.25, 0.3) is 16.8 Å². The van der Waals surface area contributed by atoms with Gasteiger partial charge in [-0.2, -0.15) is 4.68 Å². The number of hydrogen-bond acceptors (Lipinski definition) is 5. The summed E-state index contributed by atoms with van der Waals surface area (Å²) in [5.41, 5.74) is 2.21. The third-order valence-corrected chi connectivity index (χ3v) is 6.23. The molecule has 3 aromatic carbocycles. The molecular weight excluding hydrogens is 519 g/mol. The Bertz CT molecular complexity index is 1490. The van der Waals surface area contributed by atoms with Crippen molar-refractivity contribution in [1.82, 2.24) is 20.1 Å². The summed E-state index contributed by atoms with van der Waals surface area (Å²) in [6.45, 7) is 0. The maximum absolute atomic E-state index is 12.9.